The van der Waals surface area contributed by atoms with E-state index in [0.29, 0.717) is 19.7 Å². The van der Waals surface area contributed by atoms with Crippen molar-refractivity contribution in [2.45, 2.75) is 12.8 Å². The molecule has 0 aliphatic heterocycles. The largest absolute Gasteiger partial charge is 0.396 e. The molecular weight excluding hydrogens is 381 g/mol. The van der Waals surface area contributed by atoms with Gasteiger partial charge in [-0.2, -0.15) is 0 Å². The molecule has 1 rings (SSSR count). The molecule has 21 heavy (non-hydrogen) atoms. The van der Waals surface area contributed by atoms with Crippen LogP contribution in [0, 0.1) is 0 Å². The van der Waals surface area contributed by atoms with Gasteiger partial charge in [-0.25, -0.2) is 0 Å². The summed E-state index contributed by atoms with van der Waals surface area (Å²) in [5.41, 5.74) is 1.10. The molecule has 0 aliphatic rings. The number of methoxy groups -OCH3 is 1. The smallest absolute Gasteiger partial charge is 0.191 e. The first-order chi connectivity index (χ1) is 9.81. The summed E-state index contributed by atoms with van der Waals surface area (Å²) in [6.45, 7) is 4.79. The molecule has 0 bridgehead atoms. The van der Waals surface area contributed by atoms with Crippen molar-refractivity contribution < 1.29 is 9.84 Å². The van der Waals surface area contributed by atoms with Gasteiger partial charge in [-0.05, 0) is 12.5 Å². The molecule has 1 unspecified atom stereocenters. The van der Waals surface area contributed by atoms with E-state index in [1.807, 2.05) is 37.3 Å². The summed E-state index contributed by atoms with van der Waals surface area (Å²) in [5, 5.41) is 15.9. The summed E-state index contributed by atoms with van der Waals surface area (Å²) in [6, 6.07) is 9.95. The molecule has 1 aromatic rings. The van der Waals surface area contributed by atoms with E-state index in [2.05, 4.69) is 15.6 Å². The van der Waals surface area contributed by atoms with Gasteiger partial charge in [-0.1, -0.05) is 30.3 Å². The van der Waals surface area contributed by atoms with E-state index in [-0.39, 0.29) is 36.5 Å². The maximum absolute atomic E-state index is 9.51. The fraction of sp³-hybridized carbons (Fsp3) is 0.533. The highest BCUT2D eigenvalue weighted by Crippen LogP contribution is 2.14. The summed E-state index contributed by atoms with van der Waals surface area (Å²) in [6.07, 6.45) is 0. The molecule has 0 spiro atoms. The lowest BCUT2D eigenvalue weighted by Crippen LogP contribution is -2.39. The lowest BCUT2D eigenvalue weighted by Gasteiger charge is -2.15. The van der Waals surface area contributed by atoms with E-state index in [0.717, 1.165) is 18.1 Å². The Balaban J connectivity index is 0.00000400. The second-order valence-corrected chi connectivity index (χ2v) is 4.43. The first-order valence-electron chi connectivity index (χ1n) is 6.98. The maximum Gasteiger partial charge on any atom is 0.191 e. The molecule has 120 valence electrons. The van der Waals surface area contributed by atoms with Crippen LogP contribution in [0.4, 0.5) is 0 Å². The number of hydrogen-bond donors (Lipinski definition) is 3. The van der Waals surface area contributed by atoms with E-state index in [9.17, 15) is 5.11 Å². The van der Waals surface area contributed by atoms with Crippen molar-refractivity contribution in [3.05, 3.63) is 35.9 Å². The van der Waals surface area contributed by atoms with Gasteiger partial charge in [0.2, 0.25) is 0 Å². The van der Waals surface area contributed by atoms with Gasteiger partial charge in [-0.3, -0.25) is 4.99 Å². The molecule has 0 aromatic heterocycles. The van der Waals surface area contributed by atoms with Crippen LogP contribution in [0.5, 0.6) is 0 Å². The van der Waals surface area contributed by atoms with Gasteiger partial charge in [0, 0.05) is 26.1 Å². The normalized spacial score (nSPS) is 12.4. The van der Waals surface area contributed by atoms with Crippen LogP contribution in [0.1, 0.15) is 18.4 Å². The minimum Gasteiger partial charge on any atom is -0.396 e. The lowest BCUT2D eigenvalue weighted by atomic mass is 10.0. The number of rotatable bonds is 8. The number of aliphatic hydroxyl groups excluding tert-OH is 1. The zero-order valence-corrected chi connectivity index (χ0v) is 15.0. The second kappa shape index (κ2) is 12.8. The number of hydrogen-bond acceptors (Lipinski definition) is 3. The Morgan fingerprint density at radius 3 is 2.57 bits per heavy atom. The minimum atomic E-state index is 0. The van der Waals surface area contributed by atoms with Gasteiger partial charge in [0.1, 0.15) is 0 Å². The molecule has 0 fully saturated rings. The molecule has 1 atom stereocenters. The van der Waals surface area contributed by atoms with Crippen LogP contribution >= 0.6 is 24.0 Å². The van der Waals surface area contributed by atoms with Gasteiger partial charge < -0.3 is 20.5 Å². The highest BCUT2D eigenvalue weighted by molar-refractivity contribution is 14.0. The quantitative estimate of drug-likeness (QED) is 0.265. The third-order valence-electron chi connectivity index (χ3n) is 2.90. The predicted molar refractivity (Wildman–Crippen MR) is 97.5 cm³/mol. The summed E-state index contributed by atoms with van der Waals surface area (Å²) in [5.74, 6) is 0.771. The molecule has 6 heteroatoms. The minimum absolute atomic E-state index is 0. The highest BCUT2D eigenvalue weighted by Gasteiger charge is 2.09. The van der Waals surface area contributed by atoms with Crippen LogP contribution in [0.3, 0.4) is 0 Å². The van der Waals surface area contributed by atoms with E-state index >= 15 is 0 Å². The first-order valence-corrected chi connectivity index (χ1v) is 6.98. The number of ether oxygens (including phenoxy) is 1. The predicted octanol–water partition coefficient (Wildman–Crippen LogP) is 1.58. The Bertz CT molecular complexity index is 388. The van der Waals surface area contributed by atoms with Crippen LogP contribution in [0.15, 0.2) is 35.3 Å². The second-order valence-electron chi connectivity index (χ2n) is 4.43. The average molecular weight is 407 g/mol. The zero-order valence-electron chi connectivity index (χ0n) is 12.7. The van der Waals surface area contributed by atoms with Crippen molar-refractivity contribution in [2.75, 3.05) is 40.0 Å². The monoisotopic (exact) mass is 407 g/mol. The van der Waals surface area contributed by atoms with Gasteiger partial charge in [-0.15, -0.1) is 24.0 Å². The van der Waals surface area contributed by atoms with Crippen molar-refractivity contribution >= 4 is 29.9 Å². The van der Waals surface area contributed by atoms with Crippen LogP contribution in [0.25, 0.3) is 0 Å². The Labute approximate surface area is 144 Å². The zero-order chi connectivity index (χ0) is 14.6. The molecule has 0 heterocycles. The summed E-state index contributed by atoms with van der Waals surface area (Å²) in [7, 11) is 1.67. The molecular formula is C15H26IN3O2. The average Bonchev–Trinajstić information content (AvgIpc) is 2.49. The maximum atomic E-state index is 9.51. The van der Waals surface area contributed by atoms with Gasteiger partial charge >= 0.3 is 0 Å². The number of nitrogens with zero attached hydrogens (tertiary/aromatic N) is 1. The fourth-order valence-corrected chi connectivity index (χ4v) is 1.81. The fourth-order valence-electron chi connectivity index (χ4n) is 1.81. The van der Waals surface area contributed by atoms with E-state index in [4.69, 9.17) is 4.74 Å². The van der Waals surface area contributed by atoms with Crippen molar-refractivity contribution in [1.29, 1.82) is 0 Å². The molecule has 1 aromatic carbocycles. The van der Waals surface area contributed by atoms with E-state index in [1.165, 1.54) is 0 Å². The molecule has 0 amide bonds. The Kier molecular flexibility index (Phi) is 12.3. The Hall–Kier alpha value is -0.860. The van der Waals surface area contributed by atoms with Gasteiger partial charge in [0.15, 0.2) is 5.96 Å². The molecule has 3 N–H and O–H groups in total. The van der Waals surface area contributed by atoms with Gasteiger partial charge in [0.25, 0.3) is 0 Å². The standard InChI is InChI=1S/C15H25N3O2.HI/c1-3-16-15(17-9-10-20-2)18-11-14(12-19)13-7-5-4-6-8-13;/h4-8,14,19H,3,9-12H2,1-2H3,(H2,16,17,18);1H. The number of benzene rings is 1. The van der Waals surface area contributed by atoms with Gasteiger partial charge in [0.05, 0.1) is 19.8 Å². The lowest BCUT2D eigenvalue weighted by molar-refractivity contribution is 0.203. The van der Waals surface area contributed by atoms with Crippen molar-refractivity contribution in [2.24, 2.45) is 4.99 Å². The molecule has 5 nitrogen and oxygen atoms in total. The third kappa shape index (κ3) is 8.23. The van der Waals surface area contributed by atoms with Crippen LogP contribution < -0.4 is 10.6 Å². The number of halogens is 1. The van der Waals surface area contributed by atoms with Crippen molar-refractivity contribution in [3.8, 4) is 0 Å². The Morgan fingerprint density at radius 2 is 2.00 bits per heavy atom. The number of aliphatic hydroxyl groups is 1. The summed E-state index contributed by atoms with van der Waals surface area (Å²) < 4.78 is 5.00. The first kappa shape index (κ1) is 20.1. The highest BCUT2D eigenvalue weighted by atomic mass is 127. The number of nitrogens with one attached hydrogen (secondary N) is 2. The van der Waals surface area contributed by atoms with Crippen LogP contribution in [-0.2, 0) is 4.74 Å². The van der Waals surface area contributed by atoms with Crippen LogP contribution in [0.2, 0.25) is 0 Å². The van der Waals surface area contributed by atoms with E-state index < -0.39 is 0 Å². The van der Waals surface area contributed by atoms with E-state index in [1.54, 1.807) is 7.11 Å². The SMILES string of the molecule is CCNC(=NCC(CO)c1ccccc1)NCCOC.I. The molecule has 0 saturated heterocycles. The molecule has 0 aliphatic carbocycles. The van der Waals surface area contributed by atoms with Crippen molar-refractivity contribution in [1.82, 2.24) is 10.6 Å². The topological polar surface area (TPSA) is 65.9 Å². The third-order valence-corrected chi connectivity index (χ3v) is 2.90. The summed E-state index contributed by atoms with van der Waals surface area (Å²) in [4.78, 5) is 4.51. The summed E-state index contributed by atoms with van der Waals surface area (Å²) >= 11 is 0. The number of guanidine groups is 1. The number of aliphatic imine (C=N–C) groups is 1. The Morgan fingerprint density at radius 1 is 1.29 bits per heavy atom. The molecule has 0 radical (unpaired) electrons. The van der Waals surface area contributed by atoms with Crippen molar-refractivity contribution in [3.63, 3.8) is 0 Å². The van der Waals surface area contributed by atoms with Crippen LogP contribution in [-0.4, -0.2) is 51.0 Å². The molecule has 0 saturated carbocycles.